The van der Waals surface area contributed by atoms with Gasteiger partial charge in [-0.05, 0) is 30.2 Å². The molecular weight excluding hydrogens is 300 g/mol. The van der Waals surface area contributed by atoms with Crippen molar-refractivity contribution in [1.29, 1.82) is 0 Å². The van der Waals surface area contributed by atoms with Crippen molar-refractivity contribution in [2.24, 2.45) is 16.6 Å². The van der Waals surface area contributed by atoms with Crippen LogP contribution < -0.4 is 21.1 Å². The second kappa shape index (κ2) is 8.82. The highest BCUT2D eigenvalue weighted by atomic mass is 16.5. The van der Waals surface area contributed by atoms with Crippen LogP contribution >= 0.6 is 0 Å². The number of anilines is 2. The number of hydrogen-bond acceptors (Lipinski definition) is 3. The SMILES string of the molecule is COc1cccc(NC(N)=NCC(Nc2ccccc2)C(C)C)c1. The van der Waals surface area contributed by atoms with Gasteiger partial charge >= 0.3 is 0 Å². The number of para-hydroxylation sites is 1. The number of ether oxygens (including phenoxy) is 1. The van der Waals surface area contributed by atoms with Crippen LogP contribution in [0.1, 0.15) is 13.8 Å². The molecule has 0 aliphatic rings. The van der Waals surface area contributed by atoms with E-state index < -0.39 is 0 Å². The number of nitrogens with one attached hydrogen (secondary N) is 2. The number of nitrogens with two attached hydrogens (primary N) is 1. The first-order chi connectivity index (χ1) is 11.6. The highest BCUT2D eigenvalue weighted by Gasteiger charge is 2.12. The minimum atomic E-state index is 0.207. The Hall–Kier alpha value is -2.69. The minimum absolute atomic E-state index is 0.207. The maximum absolute atomic E-state index is 6.01. The van der Waals surface area contributed by atoms with Crippen LogP contribution in [-0.2, 0) is 0 Å². The molecule has 0 saturated heterocycles. The van der Waals surface area contributed by atoms with E-state index >= 15 is 0 Å². The third-order valence-corrected chi connectivity index (χ3v) is 3.73. The Kier molecular flexibility index (Phi) is 6.49. The minimum Gasteiger partial charge on any atom is -0.497 e. The third kappa shape index (κ3) is 5.50. The first-order valence-corrected chi connectivity index (χ1v) is 8.11. The highest BCUT2D eigenvalue weighted by Crippen LogP contribution is 2.16. The Morgan fingerprint density at radius 2 is 1.79 bits per heavy atom. The van der Waals surface area contributed by atoms with E-state index in [0.717, 1.165) is 17.1 Å². The van der Waals surface area contributed by atoms with Gasteiger partial charge in [-0.15, -0.1) is 0 Å². The Morgan fingerprint density at radius 3 is 2.46 bits per heavy atom. The molecule has 1 atom stereocenters. The smallest absolute Gasteiger partial charge is 0.193 e. The molecule has 0 radical (unpaired) electrons. The van der Waals surface area contributed by atoms with E-state index in [9.17, 15) is 0 Å². The summed E-state index contributed by atoms with van der Waals surface area (Å²) in [6.45, 7) is 4.93. The first-order valence-electron chi connectivity index (χ1n) is 8.11. The maximum atomic E-state index is 6.01. The zero-order valence-electron chi connectivity index (χ0n) is 14.5. The molecule has 0 spiro atoms. The lowest BCUT2D eigenvalue weighted by Crippen LogP contribution is -2.31. The predicted molar refractivity (Wildman–Crippen MR) is 102 cm³/mol. The Labute approximate surface area is 143 Å². The molecule has 0 saturated carbocycles. The van der Waals surface area contributed by atoms with Gasteiger partial charge in [0.1, 0.15) is 5.75 Å². The average molecular weight is 326 g/mol. The molecule has 5 nitrogen and oxygen atoms in total. The van der Waals surface area contributed by atoms with Crippen molar-refractivity contribution in [3.63, 3.8) is 0 Å². The van der Waals surface area contributed by atoms with E-state index in [1.165, 1.54) is 0 Å². The van der Waals surface area contributed by atoms with Crippen LogP contribution in [-0.4, -0.2) is 25.7 Å². The van der Waals surface area contributed by atoms with E-state index in [2.05, 4.69) is 41.6 Å². The predicted octanol–water partition coefficient (Wildman–Crippen LogP) is 3.56. The fourth-order valence-electron chi connectivity index (χ4n) is 2.26. The molecule has 0 heterocycles. The number of nitrogens with zero attached hydrogens (tertiary/aromatic N) is 1. The average Bonchev–Trinajstić information content (AvgIpc) is 2.59. The van der Waals surface area contributed by atoms with Gasteiger partial charge in [-0.1, -0.05) is 38.1 Å². The van der Waals surface area contributed by atoms with Gasteiger partial charge in [-0.25, -0.2) is 0 Å². The van der Waals surface area contributed by atoms with Crippen LogP contribution in [0.3, 0.4) is 0 Å². The Balaban J connectivity index is 1.97. The lowest BCUT2D eigenvalue weighted by Gasteiger charge is -2.22. The third-order valence-electron chi connectivity index (χ3n) is 3.73. The van der Waals surface area contributed by atoms with Crippen LogP contribution in [0.2, 0.25) is 0 Å². The summed E-state index contributed by atoms with van der Waals surface area (Å²) in [4.78, 5) is 4.47. The fraction of sp³-hybridized carbons (Fsp3) is 0.316. The summed E-state index contributed by atoms with van der Waals surface area (Å²) in [5.41, 5.74) is 7.95. The van der Waals surface area contributed by atoms with Gasteiger partial charge in [-0.2, -0.15) is 0 Å². The molecule has 2 aromatic carbocycles. The molecule has 0 aliphatic heterocycles. The van der Waals surface area contributed by atoms with Crippen molar-refractivity contribution in [2.75, 3.05) is 24.3 Å². The zero-order valence-corrected chi connectivity index (χ0v) is 14.5. The monoisotopic (exact) mass is 326 g/mol. The van der Waals surface area contributed by atoms with E-state index in [-0.39, 0.29) is 6.04 Å². The van der Waals surface area contributed by atoms with Crippen molar-refractivity contribution >= 4 is 17.3 Å². The first kappa shape index (κ1) is 17.7. The summed E-state index contributed by atoms with van der Waals surface area (Å²) < 4.78 is 5.20. The van der Waals surface area contributed by atoms with Crippen LogP contribution in [0.4, 0.5) is 11.4 Å². The van der Waals surface area contributed by atoms with Crippen LogP contribution in [0.15, 0.2) is 59.6 Å². The molecular formula is C19H26N4O. The molecule has 1 unspecified atom stereocenters. The maximum Gasteiger partial charge on any atom is 0.193 e. The molecule has 0 fully saturated rings. The van der Waals surface area contributed by atoms with Gasteiger partial charge in [0.2, 0.25) is 0 Å². The molecule has 2 aromatic rings. The number of hydrogen-bond donors (Lipinski definition) is 3. The standard InChI is InChI=1S/C19H26N4O/c1-14(2)18(22-15-8-5-4-6-9-15)13-21-19(20)23-16-10-7-11-17(12-16)24-3/h4-12,14,18,22H,13H2,1-3H3,(H3,20,21,23). The van der Waals surface area contributed by atoms with Gasteiger partial charge in [-0.3, -0.25) is 4.99 Å². The largest absolute Gasteiger partial charge is 0.497 e. The number of guanidine groups is 1. The summed E-state index contributed by atoms with van der Waals surface area (Å²) in [5.74, 6) is 1.60. The van der Waals surface area contributed by atoms with Crippen LogP contribution in [0, 0.1) is 5.92 Å². The highest BCUT2D eigenvalue weighted by molar-refractivity contribution is 5.92. The van der Waals surface area contributed by atoms with Crippen molar-refractivity contribution in [3.8, 4) is 5.75 Å². The second-order valence-electron chi connectivity index (χ2n) is 5.94. The van der Waals surface area contributed by atoms with Gasteiger partial charge in [0.25, 0.3) is 0 Å². The molecule has 0 bridgehead atoms. The van der Waals surface area contributed by atoms with Crippen LogP contribution in [0.25, 0.3) is 0 Å². The van der Waals surface area contributed by atoms with E-state index in [1.54, 1.807) is 7.11 Å². The summed E-state index contributed by atoms with van der Waals surface area (Å²) in [5, 5.41) is 6.60. The molecule has 128 valence electrons. The summed E-state index contributed by atoms with van der Waals surface area (Å²) in [7, 11) is 1.64. The van der Waals surface area contributed by atoms with Crippen molar-refractivity contribution in [3.05, 3.63) is 54.6 Å². The molecule has 5 heteroatoms. The molecule has 0 aliphatic carbocycles. The second-order valence-corrected chi connectivity index (χ2v) is 5.94. The van der Waals surface area contributed by atoms with Crippen molar-refractivity contribution in [2.45, 2.75) is 19.9 Å². The number of methoxy groups -OCH3 is 1. The summed E-state index contributed by atoms with van der Waals surface area (Å²) in [6.07, 6.45) is 0. The van der Waals surface area contributed by atoms with Crippen molar-refractivity contribution in [1.82, 2.24) is 0 Å². The van der Waals surface area contributed by atoms with Crippen LogP contribution in [0.5, 0.6) is 5.75 Å². The normalized spacial score (nSPS) is 12.8. The quantitative estimate of drug-likeness (QED) is 0.537. The molecule has 0 aromatic heterocycles. The van der Waals surface area contributed by atoms with Gasteiger partial charge in [0.15, 0.2) is 5.96 Å². The van der Waals surface area contributed by atoms with Gasteiger partial charge in [0, 0.05) is 23.5 Å². The Morgan fingerprint density at radius 1 is 1.08 bits per heavy atom. The number of aliphatic imine (C=N–C) groups is 1. The fourth-order valence-corrected chi connectivity index (χ4v) is 2.26. The number of benzene rings is 2. The summed E-state index contributed by atoms with van der Waals surface area (Å²) in [6, 6.07) is 17.9. The molecule has 24 heavy (non-hydrogen) atoms. The molecule has 4 N–H and O–H groups in total. The molecule has 0 amide bonds. The van der Waals surface area contributed by atoms with E-state index in [4.69, 9.17) is 10.5 Å². The number of rotatable bonds is 7. The Bertz CT molecular complexity index is 655. The van der Waals surface area contributed by atoms with E-state index in [0.29, 0.717) is 18.4 Å². The lowest BCUT2D eigenvalue weighted by molar-refractivity contribution is 0.415. The lowest BCUT2D eigenvalue weighted by atomic mass is 10.0. The van der Waals surface area contributed by atoms with Gasteiger partial charge < -0.3 is 21.1 Å². The summed E-state index contributed by atoms with van der Waals surface area (Å²) >= 11 is 0. The van der Waals surface area contributed by atoms with Crippen molar-refractivity contribution < 1.29 is 4.74 Å². The molecule has 2 rings (SSSR count). The zero-order chi connectivity index (χ0) is 17.4. The van der Waals surface area contributed by atoms with Gasteiger partial charge in [0.05, 0.1) is 13.7 Å². The van der Waals surface area contributed by atoms with E-state index in [1.807, 2.05) is 42.5 Å². The topological polar surface area (TPSA) is 71.7 Å².